The first-order valence-electron chi connectivity index (χ1n) is 15.5. The Morgan fingerprint density at radius 1 is 0.652 bits per heavy atom. The molecular weight excluding hydrogens is 589 g/mol. The van der Waals surface area contributed by atoms with Gasteiger partial charge in [0.05, 0.1) is 11.4 Å². The number of H-pyrrole nitrogens is 2. The van der Waals surface area contributed by atoms with E-state index in [0.717, 1.165) is 17.2 Å². The Morgan fingerprint density at radius 2 is 1.04 bits per heavy atom. The van der Waals surface area contributed by atoms with Gasteiger partial charge in [0.25, 0.3) is 11.8 Å². The first-order chi connectivity index (χ1) is 22.2. The normalized spacial score (nSPS) is 11.3. The first-order valence-corrected chi connectivity index (χ1v) is 15.5. The Kier molecular flexibility index (Phi) is 11.7. The SMILES string of the molecule is CCc1c(C(=O)/C=C(\OB(F)F)c2[nH]c(C(=O)NCc3ccccc3)c(CC)c2CC)[nH]c(C(=O)NCc2ccccc2)c1CC. The van der Waals surface area contributed by atoms with Crippen LogP contribution in [0, 0.1) is 0 Å². The van der Waals surface area contributed by atoms with Crippen molar-refractivity contribution in [3.63, 3.8) is 0 Å². The Labute approximate surface area is 268 Å². The molecule has 4 rings (SSSR count). The zero-order chi connectivity index (χ0) is 33.2. The molecule has 11 heteroatoms. The highest BCUT2D eigenvalue weighted by atomic mass is 19.2. The number of benzene rings is 2. The topological polar surface area (TPSA) is 116 Å². The van der Waals surface area contributed by atoms with Crippen LogP contribution in [0.15, 0.2) is 66.7 Å². The molecule has 0 unspecified atom stereocenters. The number of allylic oxidation sites excluding steroid dienone is 1. The number of ketones is 1. The summed E-state index contributed by atoms with van der Waals surface area (Å²) in [5, 5.41) is 5.76. The molecule has 4 N–H and O–H groups in total. The van der Waals surface area contributed by atoms with E-state index in [2.05, 4.69) is 20.6 Å². The van der Waals surface area contributed by atoms with E-state index >= 15 is 0 Å². The highest BCUT2D eigenvalue weighted by Gasteiger charge is 2.29. The van der Waals surface area contributed by atoms with Crippen molar-refractivity contribution in [1.29, 1.82) is 0 Å². The van der Waals surface area contributed by atoms with Crippen molar-refractivity contribution >= 4 is 30.8 Å². The molecule has 4 aromatic rings. The summed E-state index contributed by atoms with van der Waals surface area (Å²) >= 11 is 0. The van der Waals surface area contributed by atoms with E-state index in [1.807, 2.05) is 88.4 Å². The summed E-state index contributed by atoms with van der Waals surface area (Å²) in [6.07, 6.45) is 2.75. The molecule has 0 radical (unpaired) electrons. The van der Waals surface area contributed by atoms with Crippen LogP contribution in [0.3, 0.4) is 0 Å². The van der Waals surface area contributed by atoms with E-state index in [-0.39, 0.29) is 35.2 Å². The average Bonchev–Trinajstić information content (AvgIpc) is 3.65. The minimum Gasteiger partial charge on any atom is -0.503 e. The van der Waals surface area contributed by atoms with Crippen molar-refractivity contribution in [2.75, 3.05) is 0 Å². The summed E-state index contributed by atoms with van der Waals surface area (Å²) < 4.78 is 32.5. The van der Waals surface area contributed by atoms with Crippen molar-refractivity contribution in [3.05, 3.63) is 123 Å². The summed E-state index contributed by atoms with van der Waals surface area (Å²) in [6, 6.07) is 18.8. The van der Waals surface area contributed by atoms with Crippen molar-refractivity contribution in [2.45, 2.75) is 66.5 Å². The number of aromatic amines is 2. The summed E-state index contributed by atoms with van der Waals surface area (Å²) in [4.78, 5) is 46.2. The quantitative estimate of drug-likeness (QED) is 0.0513. The van der Waals surface area contributed by atoms with E-state index in [9.17, 15) is 23.0 Å². The number of carbonyl (C=O) groups excluding carboxylic acids is 3. The minimum absolute atomic E-state index is 0.126. The van der Waals surface area contributed by atoms with E-state index < -0.39 is 24.9 Å². The summed E-state index contributed by atoms with van der Waals surface area (Å²) in [5.41, 5.74) is 5.12. The van der Waals surface area contributed by atoms with Gasteiger partial charge < -0.3 is 25.3 Å². The molecule has 0 aliphatic rings. The standard InChI is InChI=1S/C35H39BF2N4O4/c1-5-24-26(7-3)32(34(44)39-20-22-15-11-9-12-16-22)41-30(24)28(43)19-29(46-36(37)38)31-25(6-2)27(8-4)33(42-31)35(45)40-21-23-17-13-10-14-18-23/h9-19,41-42H,5-8,20-21H2,1-4H3,(H,39,44)(H,40,45)/b29-19-. The number of hydrogen-bond acceptors (Lipinski definition) is 4. The molecule has 8 nitrogen and oxygen atoms in total. The fraction of sp³-hybridized carbons (Fsp3) is 0.286. The Balaban J connectivity index is 1.69. The number of amides is 2. The molecule has 0 atom stereocenters. The van der Waals surface area contributed by atoms with Crippen LogP contribution in [0.4, 0.5) is 8.63 Å². The van der Waals surface area contributed by atoms with Crippen molar-refractivity contribution < 1.29 is 27.7 Å². The highest BCUT2D eigenvalue weighted by Crippen LogP contribution is 2.30. The lowest BCUT2D eigenvalue weighted by Gasteiger charge is -2.10. The first kappa shape index (κ1) is 34.0. The molecule has 2 aromatic carbocycles. The summed E-state index contributed by atoms with van der Waals surface area (Å²) in [5.74, 6) is -1.80. The van der Waals surface area contributed by atoms with E-state index in [0.29, 0.717) is 54.5 Å². The number of halogens is 2. The molecule has 0 saturated heterocycles. The van der Waals surface area contributed by atoms with Gasteiger partial charge in [-0.25, -0.2) is 8.63 Å². The van der Waals surface area contributed by atoms with Crippen LogP contribution in [-0.4, -0.2) is 35.0 Å². The van der Waals surface area contributed by atoms with Crippen LogP contribution in [0.5, 0.6) is 0 Å². The fourth-order valence-corrected chi connectivity index (χ4v) is 5.71. The molecule has 2 aromatic heterocycles. The zero-order valence-corrected chi connectivity index (χ0v) is 26.6. The molecule has 0 aliphatic heterocycles. The van der Waals surface area contributed by atoms with Gasteiger partial charge in [-0.3, -0.25) is 14.4 Å². The third-order valence-corrected chi connectivity index (χ3v) is 7.87. The smallest absolute Gasteiger partial charge is 0.503 e. The third-order valence-electron chi connectivity index (χ3n) is 7.87. The van der Waals surface area contributed by atoms with E-state index in [1.165, 1.54) is 0 Å². The van der Waals surface area contributed by atoms with Crippen molar-refractivity contribution in [2.24, 2.45) is 0 Å². The van der Waals surface area contributed by atoms with Crippen molar-refractivity contribution in [1.82, 2.24) is 20.6 Å². The zero-order valence-electron chi connectivity index (χ0n) is 26.6. The van der Waals surface area contributed by atoms with Gasteiger partial charge in [0, 0.05) is 19.2 Å². The molecule has 2 heterocycles. The van der Waals surface area contributed by atoms with Gasteiger partial charge in [0.2, 0.25) is 5.78 Å². The van der Waals surface area contributed by atoms with E-state index in [1.54, 1.807) is 0 Å². The maximum atomic E-state index is 13.8. The predicted molar refractivity (Wildman–Crippen MR) is 176 cm³/mol. The molecule has 240 valence electrons. The molecule has 0 bridgehead atoms. The van der Waals surface area contributed by atoms with Crippen LogP contribution in [0.25, 0.3) is 5.76 Å². The summed E-state index contributed by atoms with van der Waals surface area (Å²) in [6.45, 7) is 8.03. The lowest BCUT2D eigenvalue weighted by Crippen LogP contribution is -2.24. The van der Waals surface area contributed by atoms with Gasteiger partial charge in [0.1, 0.15) is 17.1 Å². The fourth-order valence-electron chi connectivity index (χ4n) is 5.71. The van der Waals surface area contributed by atoms with Crippen LogP contribution >= 0.6 is 0 Å². The third kappa shape index (κ3) is 7.83. The molecule has 0 spiro atoms. The van der Waals surface area contributed by atoms with Crippen LogP contribution in [0.2, 0.25) is 0 Å². The number of aromatic nitrogens is 2. The molecule has 46 heavy (non-hydrogen) atoms. The van der Waals surface area contributed by atoms with Gasteiger partial charge in [-0.2, -0.15) is 0 Å². The van der Waals surface area contributed by atoms with Gasteiger partial charge in [-0.1, -0.05) is 88.4 Å². The average molecular weight is 629 g/mol. The van der Waals surface area contributed by atoms with E-state index in [4.69, 9.17) is 4.65 Å². The second-order valence-corrected chi connectivity index (χ2v) is 10.7. The lowest BCUT2D eigenvalue weighted by atomic mass is 10.00. The summed E-state index contributed by atoms with van der Waals surface area (Å²) in [7, 11) is -3.23. The van der Waals surface area contributed by atoms with Gasteiger partial charge in [-0.05, 0) is 59.1 Å². The maximum absolute atomic E-state index is 13.8. The number of rotatable bonds is 15. The largest absolute Gasteiger partial charge is 0.796 e. The maximum Gasteiger partial charge on any atom is 0.796 e. The van der Waals surface area contributed by atoms with Crippen LogP contribution in [-0.2, 0) is 43.4 Å². The highest BCUT2D eigenvalue weighted by molar-refractivity contribution is 6.36. The van der Waals surface area contributed by atoms with Gasteiger partial charge in [0.15, 0.2) is 0 Å². The molecule has 0 fully saturated rings. The second kappa shape index (κ2) is 15.9. The number of hydrogen-bond donors (Lipinski definition) is 4. The Morgan fingerprint density at radius 3 is 1.46 bits per heavy atom. The van der Waals surface area contributed by atoms with Gasteiger partial charge >= 0.3 is 7.47 Å². The number of carbonyl (C=O) groups is 3. The molecule has 0 saturated carbocycles. The van der Waals surface area contributed by atoms with Crippen LogP contribution in [0.1, 0.15) is 98.2 Å². The number of nitrogens with one attached hydrogen (secondary N) is 4. The minimum atomic E-state index is -3.23. The van der Waals surface area contributed by atoms with Gasteiger partial charge in [-0.15, -0.1) is 0 Å². The molecule has 2 amide bonds. The Hall–Kier alpha value is -4.93. The lowest BCUT2D eigenvalue weighted by molar-refractivity contribution is 0.0937. The predicted octanol–water partition coefficient (Wildman–Crippen LogP) is 6.62. The van der Waals surface area contributed by atoms with Crippen LogP contribution < -0.4 is 10.6 Å². The molecular formula is C35H39BF2N4O4. The molecule has 0 aliphatic carbocycles. The monoisotopic (exact) mass is 628 g/mol. The second-order valence-electron chi connectivity index (χ2n) is 10.7. The van der Waals surface area contributed by atoms with Crippen molar-refractivity contribution in [3.8, 4) is 0 Å². The Bertz CT molecular complexity index is 1700.